The fourth-order valence-electron chi connectivity index (χ4n) is 2.62. The van der Waals surface area contributed by atoms with Crippen molar-refractivity contribution in [2.45, 2.75) is 25.3 Å². The Balaban J connectivity index is 1.67. The zero-order chi connectivity index (χ0) is 15.6. The summed E-state index contributed by atoms with van der Waals surface area (Å²) in [6.45, 7) is 2.00. The lowest BCUT2D eigenvalue weighted by molar-refractivity contribution is 0.247. The number of hydrogen-bond acceptors (Lipinski definition) is 2. The second-order valence-corrected chi connectivity index (χ2v) is 5.76. The highest BCUT2D eigenvalue weighted by Crippen LogP contribution is 2.45. The van der Waals surface area contributed by atoms with Gasteiger partial charge in [0.2, 0.25) is 0 Å². The number of rotatable bonds is 4. The molecule has 4 nitrogen and oxygen atoms in total. The van der Waals surface area contributed by atoms with Gasteiger partial charge >= 0.3 is 6.03 Å². The third kappa shape index (κ3) is 3.06. The van der Waals surface area contributed by atoms with Crippen molar-refractivity contribution in [3.8, 4) is 5.75 Å². The summed E-state index contributed by atoms with van der Waals surface area (Å²) in [4.78, 5) is 12.2. The Kier molecular flexibility index (Phi) is 3.75. The average Bonchev–Trinajstić information content (AvgIpc) is 3.28. The van der Waals surface area contributed by atoms with Crippen molar-refractivity contribution < 1.29 is 9.53 Å². The standard InChI is InChI=1S/C18H20N2O2/c1-13-4-3-5-15(12-13)19-17(21)20-18(10-11-18)14-6-8-16(22-2)9-7-14/h3-9,12H,10-11H2,1-2H3,(H2,19,20,21). The molecule has 3 rings (SSSR count). The van der Waals surface area contributed by atoms with E-state index in [4.69, 9.17) is 4.74 Å². The van der Waals surface area contributed by atoms with E-state index in [0.717, 1.165) is 35.4 Å². The first-order valence-corrected chi connectivity index (χ1v) is 7.42. The molecule has 0 aliphatic heterocycles. The fraction of sp³-hybridized carbons (Fsp3) is 0.278. The van der Waals surface area contributed by atoms with Gasteiger partial charge in [0.25, 0.3) is 0 Å². The maximum absolute atomic E-state index is 12.2. The van der Waals surface area contributed by atoms with E-state index in [2.05, 4.69) is 10.6 Å². The predicted octanol–water partition coefficient (Wildman–Crippen LogP) is 3.81. The number of urea groups is 1. The van der Waals surface area contributed by atoms with E-state index in [9.17, 15) is 4.79 Å². The molecule has 0 heterocycles. The highest BCUT2D eigenvalue weighted by Gasteiger charge is 2.45. The number of methoxy groups -OCH3 is 1. The lowest BCUT2D eigenvalue weighted by Crippen LogP contribution is -2.38. The highest BCUT2D eigenvalue weighted by molar-refractivity contribution is 5.90. The Morgan fingerprint density at radius 1 is 1.14 bits per heavy atom. The lowest BCUT2D eigenvalue weighted by atomic mass is 10.1. The number of benzene rings is 2. The van der Waals surface area contributed by atoms with Gasteiger partial charge in [-0.05, 0) is 55.2 Å². The third-order valence-corrected chi connectivity index (χ3v) is 4.02. The van der Waals surface area contributed by atoms with Crippen LogP contribution >= 0.6 is 0 Å². The largest absolute Gasteiger partial charge is 0.497 e. The van der Waals surface area contributed by atoms with Crippen molar-refractivity contribution in [2.24, 2.45) is 0 Å². The number of anilines is 1. The van der Waals surface area contributed by atoms with Crippen LogP contribution in [0.25, 0.3) is 0 Å². The van der Waals surface area contributed by atoms with Crippen LogP contribution in [0.15, 0.2) is 48.5 Å². The van der Waals surface area contributed by atoms with E-state index in [1.54, 1.807) is 7.11 Å². The lowest BCUT2D eigenvalue weighted by Gasteiger charge is -2.19. The van der Waals surface area contributed by atoms with E-state index < -0.39 is 0 Å². The predicted molar refractivity (Wildman–Crippen MR) is 87.2 cm³/mol. The molecule has 2 N–H and O–H groups in total. The molecule has 2 amide bonds. The first-order chi connectivity index (χ1) is 10.6. The molecule has 2 aromatic carbocycles. The van der Waals surface area contributed by atoms with Crippen LogP contribution in [0.1, 0.15) is 24.0 Å². The van der Waals surface area contributed by atoms with Crippen LogP contribution in [0.3, 0.4) is 0 Å². The van der Waals surface area contributed by atoms with Crippen LogP contribution in [0, 0.1) is 6.92 Å². The Labute approximate surface area is 130 Å². The number of carbonyl (C=O) groups excluding carboxylic acids is 1. The van der Waals surface area contributed by atoms with Gasteiger partial charge < -0.3 is 15.4 Å². The topological polar surface area (TPSA) is 50.4 Å². The molecule has 114 valence electrons. The quantitative estimate of drug-likeness (QED) is 0.901. The van der Waals surface area contributed by atoms with Gasteiger partial charge in [-0.15, -0.1) is 0 Å². The summed E-state index contributed by atoms with van der Waals surface area (Å²) in [5.41, 5.74) is 2.81. The molecular weight excluding hydrogens is 276 g/mol. The van der Waals surface area contributed by atoms with Crippen LogP contribution in [-0.2, 0) is 5.54 Å². The van der Waals surface area contributed by atoms with E-state index in [1.807, 2.05) is 55.5 Å². The van der Waals surface area contributed by atoms with Crippen LogP contribution in [0.5, 0.6) is 5.75 Å². The van der Waals surface area contributed by atoms with Crippen molar-refractivity contribution in [3.63, 3.8) is 0 Å². The molecule has 0 spiro atoms. The number of nitrogens with one attached hydrogen (secondary N) is 2. The van der Waals surface area contributed by atoms with Crippen molar-refractivity contribution >= 4 is 11.7 Å². The number of amides is 2. The minimum Gasteiger partial charge on any atom is -0.497 e. The molecule has 1 fully saturated rings. The SMILES string of the molecule is COc1ccc(C2(NC(=O)Nc3cccc(C)c3)CC2)cc1. The second kappa shape index (κ2) is 5.72. The van der Waals surface area contributed by atoms with E-state index >= 15 is 0 Å². The minimum atomic E-state index is -0.236. The molecule has 4 heteroatoms. The van der Waals surface area contributed by atoms with Crippen molar-refractivity contribution in [2.75, 3.05) is 12.4 Å². The molecule has 0 unspecified atom stereocenters. The van der Waals surface area contributed by atoms with Gasteiger partial charge in [-0.25, -0.2) is 4.79 Å². The summed E-state index contributed by atoms with van der Waals surface area (Å²) >= 11 is 0. The Bertz CT molecular complexity index is 676. The summed E-state index contributed by atoms with van der Waals surface area (Å²) < 4.78 is 5.17. The van der Waals surface area contributed by atoms with Crippen molar-refractivity contribution in [3.05, 3.63) is 59.7 Å². The van der Waals surface area contributed by atoms with Crippen LogP contribution in [-0.4, -0.2) is 13.1 Å². The molecule has 22 heavy (non-hydrogen) atoms. The normalized spacial score (nSPS) is 15.0. The second-order valence-electron chi connectivity index (χ2n) is 5.76. The van der Waals surface area contributed by atoms with E-state index in [-0.39, 0.29) is 11.6 Å². The van der Waals surface area contributed by atoms with Crippen LogP contribution in [0.2, 0.25) is 0 Å². The zero-order valence-corrected chi connectivity index (χ0v) is 12.8. The number of ether oxygens (including phenoxy) is 1. The maximum atomic E-state index is 12.2. The van der Waals surface area contributed by atoms with Gasteiger partial charge in [-0.2, -0.15) is 0 Å². The van der Waals surface area contributed by atoms with Gasteiger partial charge in [0, 0.05) is 5.69 Å². The van der Waals surface area contributed by atoms with E-state index in [0.29, 0.717) is 0 Å². The van der Waals surface area contributed by atoms with Gasteiger partial charge in [0.1, 0.15) is 5.75 Å². The van der Waals surface area contributed by atoms with Crippen LogP contribution in [0.4, 0.5) is 10.5 Å². The monoisotopic (exact) mass is 296 g/mol. The van der Waals surface area contributed by atoms with Gasteiger partial charge in [-0.1, -0.05) is 24.3 Å². The number of aryl methyl sites for hydroxylation is 1. The molecule has 1 aliphatic carbocycles. The fourth-order valence-corrected chi connectivity index (χ4v) is 2.62. The molecule has 0 atom stereocenters. The Hall–Kier alpha value is -2.49. The van der Waals surface area contributed by atoms with Gasteiger partial charge in [0.05, 0.1) is 12.6 Å². The molecule has 1 aliphatic rings. The van der Waals surface area contributed by atoms with Gasteiger partial charge in [-0.3, -0.25) is 0 Å². The Morgan fingerprint density at radius 2 is 1.86 bits per heavy atom. The minimum absolute atomic E-state index is 0.168. The summed E-state index contributed by atoms with van der Waals surface area (Å²) in [7, 11) is 1.65. The maximum Gasteiger partial charge on any atom is 0.319 e. The van der Waals surface area contributed by atoms with Crippen LogP contribution < -0.4 is 15.4 Å². The first-order valence-electron chi connectivity index (χ1n) is 7.42. The molecule has 1 saturated carbocycles. The molecule has 0 saturated heterocycles. The van der Waals surface area contributed by atoms with Crippen molar-refractivity contribution in [1.29, 1.82) is 0 Å². The number of hydrogen-bond donors (Lipinski definition) is 2. The summed E-state index contributed by atoms with van der Waals surface area (Å²) in [6, 6.07) is 15.5. The average molecular weight is 296 g/mol. The summed E-state index contributed by atoms with van der Waals surface area (Å²) in [6.07, 6.45) is 1.92. The zero-order valence-electron chi connectivity index (χ0n) is 12.8. The molecule has 0 radical (unpaired) electrons. The summed E-state index contributed by atoms with van der Waals surface area (Å²) in [5.74, 6) is 0.823. The molecule has 0 bridgehead atoms. The summed E-state index contributed by atoms with van der Waals surface area (Å²) in [5, 5.41) is 5.99. The number of carbonyl (C=O) groups is 1. The van der Waals surface area contributed by atoms with E-state index in [1.165, 1.54) is 0 Å². The molecule has 0 aromatic heterocycles. The first kappa shape index (κ1) is 14.4. The smallest absolute Gasteiger partial charge is 0.319 e. The highest BCUT2D eigenvalue weighted by atomic mass is 16.5. The Morgan fingerprint density at radius 3 is 2.45 bits per heavy atom. The molecular formula is C18H20N2O2. The molecule has 2 aromatic rings. The van der Waals surface area contributed by atoms with Gasteiger partial charge in [0.15, 0.2) is 0 Å². The third-order valence-electron chi connectivity index (χ3n) is 4.02. The van der Waals surface area contributed by atoms with Crippen molar-refractivity contribution in [1.82, 2.24) is 5.32 Å².